The monoisotopic (exact) mass is 455 g/mol. The Kier molecular flexibility index (Phi) is 6.64. The van der Waals surface area contributed by atoms with Crippen LogP contribution in [0.25, 0.3) is 11.3 Å². The number of fused-ring (bicyclic) bond motifs is 1. The maximum Gasteiger partial charge on any atom is 0.303 e. The molecule has 2 aromatic rings. The van der Waals surface area contributed by atoms with Crippen LogP contribution in [0.4, 0.5) is 5.13 Å². The van der Waals surface area contributed by atoms with Gasteiger partial charge in [-0.25, -0.2) is 4.98 Å². The molecule has 0 saturated carbocycles. The van der Waals surface area contributed by atoms with Gasteiger partial charge in [-0.3, -0.25) is 9.69 Å². The van der Waals surface area contributed by atoms with Crippen LogP contribution in [0.3, 0.4) is 0 Å². The number of anilines is 1. The number of carboxylic acid groups (broad SMARTS) is 1. The van der Waals surface area contributed by atoms with E-state index < -0.39 is 5.97 Å². The van der Waals surface area contributed by atoms with E-state index in [2.05, 4.69) is 61.1 Å². The number of piperazine rings is 1. The van der Waals surface area contributed by atoms with Crippen LogP contribution in [0.2, 0.25) is 0 Å². The molecule has 1 saturated heterocycles. The highest BCUT2D eigenvalue weighted by Gasteiger charge is 2.37. The lowest BCUT2D eigenvalue weighted by molar-refractivity contribution is -0.137. The normalized spacial score (nSPS) is 20.2. The van der Waals surface area contributed by atoms with Crippen molar-refractivity contribution in [2.24, 2.45) is 0 Å². The molecule has 1 aliphatic heterocycles. The van der Waals surface area contributed by atoms with Crippen molar-refractivity contribution in [1.29, 1.82) is 0 Å². The predicted octanol–water partition coefficient (Wildman–Crippen LogP) is 5.54. The third-order valence-corrected chi connectivity index (χ3v) is 8.30. The number of unbranched alkanes of at least 4 members (excludes halogenated alkanes) is 1. The third-order valence-electron chi connectivity index (χ3n) is 7.40. The quantitative estimate of drug-likeness (QED) is 0.556. The molecule has 1 aromatic carbocycles. The van der Waals surface area contributed by atoms with Gasteiger partial charge in [0.1, 0.15) is 0 Å². The van der Waals surface area contributed by atoms with Gasteiger partial charge in [-0.05, 0) is 60.3 Å². The molecule has 174 valence electrons. The Labute approximate surface area is 196 Å². The minimum atomic E-state index is -0.694. The Bertz CT molecular complexity index is 958. The van der Waals surface area contributed by atoms with Gasteiger partial charge in [-0.1, -0.05) is 39.8 Å². The van der Waals surface area contributed by atoms with E-state index in [4.69, 9.17) is 10.1 Å². The standard InChI is InChI=1S/C26H37N3O2S/c1-25(2)10-11-26(3,4)21-17-19(8-9-20(21)25)22-18-32-24(27-22)29-15-13-28(14-16-29)12-6-5-7-23(30)31/h8-9,17-18H,5-7,10-16H2,1-4H3,(H,30,31). The zero-order chi connectivity index (χ0) is 22.9. The van der Waals surface area contributed by atoms with Crippen molar-refractivity contribution in [2.45, 2.75) is 70.6 Å². The molecule has 6 heteroatoms. The number of benzene rings is 1. The summed E-state index contributed by atoms with van der Waals surface area (Å²) < 4.78 is 0. The highest BCUT2D eigenvalue weighted by Crippen LogP contribution is 2.46. The molecule has 0 atom stereocenters. The van der Waals surface area contributed by atoms with Crippen LogP contribution in [0, 0.1) is 0 Å². The highest BCUT2D eigenvalue weighted by atomic mass is 32.1. The SMILES string of the molecule is CC1(C)CCC(C)(C)c2cc(-c3csc(N4CCN(CCCCC(=O)O)CC4)n3)ccc21. The molecule has 1 N–H and O–H groups in total. The molecular formula is C26H37N3O2S. The van der Waals surface area contributed by atoms with E-state index in [-0.39, 0.29) is 17.3 Å². The fourth-order valence-electron chi connectivity index (χ4n) is 5.06. The molecule has 1 aliphatic carbocycles. The molecule has 32 heavy (non-hydrogen) atoms. The maximum absolute atomic E-state index is 10.7. The molecule has 0 radical (unpaired) electrons. The lowest BCUT2D eigenvalue weighted by Crippen LogP contribution is -2.46. The average molecular weight is 456 g/mol. The molecule has 5 nitrogen and oxygen atoms in total. The van der Waals surface area contributed by atoms with Crippen molar-refractivity contribution >= 4 is 22.4 Å². The number of rotatable bonds is 7. The first kappa shape index (κ1) is 23.2. The lowest BCUT2D eigenvalue weighted by atomic mass is 9.63. The average Bonchev–Trinajstić information content (AvgIpc) is 3.25. The smallest absolute Gasteiger partial charge is 0.303 e. The van der Waals surface area contributed by atoms with Crippen molar-refractivity contribution in [3.8, 4) is 11.3 Å². The Morgan fingerprint density at radius 1 is 1.03 bits per heavy atom. The molecule has 4 rings (SSSR count). The van der Waals surface area contributed by atoms with Gasteiger partial charge in [0.2, 0.25) is 0 Å². The van der Waals surface area contributed by atoms with Gasteiger partial charge in [-0.2, -0.15) is 0 Å². The summed E-state index contributed by atoms with van der Waals surface area (Å²) in [6.45, 7) is 14.5. The first-order valence-electron chi connectivity index (χ1n) is 12.0. The fourth-order valence-corrected chi connectivity index (χ4v) is 5.95. The minimum Gasteiger partial charge on any atom is -0.481 e. The van der Waals surface area contributed by atoms with Gasteiger partial charge in [0.05, 0.1) is 5.69 Å². The van der Waals surface area contributed by atoms with Crippen molar-refractivity contribution in [3.63, 3.8) is 0 Å². The Balaban J connectivity index is 1.40. The van der Waals surface area contributed by atoms with E-state index in [1.54, 1.807) is 11.3 Å². The summed E-state index contributed by atoms with van der Waals surface area (Å²) in [6, 6.07) is 6.99. The van der Waals surface area contributed by atoms with E-state index in [1.165, 1.54) is 29.5 Å². The second kappa shape index (κ2) is 9.14. The second-order valence-corrected chi connectivity index (χ2v) is 11.6. The van der Waals surface area contributed by atoms with Gasteiger partial charge >= 0.3 is 5.97 Å². The third kappa shape index (κ3) is 5.01. The van der Waals surface area contributed by atoms with Gasteiger partial charge in [0.15, 0.2) is 5.13 Å². The van der Waals surface area contributed by atoms with Crippen LogP contribution < -0.4 is 4.90 Å². The van der Waals surface area contributed by atoms with Crippen LogP contribution in [0.1, 0.15) is 70.9 Å². The zero-order valence-corrected chi connectivity index (χ0v) is 20.8. The number of hydrogen-bond acceptors (Lipinski definition) is 5. The number of nitrogens with zero attached hydrogens (tertiary/aromatic N) is 3. The van der Waals surface area contributed by atoms with Crippen LogP contribution >= 0.6 is 11.3 Å². The van der Waals surface area contributed by atoms with Gasteiger partial charge in [-0.15, -0.1) is 11.3 Å². The molecule has 0 spiro atoms. The summed E-state index contributed by atoms with van der Waals surface area (Å²) in [5, 5.41) is 12.1. The molecule has 2 aliphatic rings. The van der Waals surface area contributed by atoms with Crippen molar-refractivity contribution in [1.82, 2.24) is 9.88 Å². The largest absolute Gasteiger partial charge is 0.481 e. The summed E-state index contributed by atoms with van der Waals surface area (Å²) in [4.78, 5) is 20.5. The zero-order valence-electron chi connectivity index (χ0n) is 20.0. The van der Waals surface area contributed by atoms with Crippen LogP contribution in [-0.4, -0.2) is 53.7 Å². The fraction of sp³-hybridized carbons (Fsp3) is 0.615. The lowest BCUT2D eigenvalue weighted by Gasteiger charge is -2.42. The Morgan fingerprint density at radius 3 is 2.41 bits per heavy atom. The van der Waals surface area contributed by atoms with Crippen LogP contribution in [0.5, 0.6) is 0 Å². The highest BCUT2D eigenvalue weighted by molar-refractivity contribution is 7.14. The molecule has 1 fully saturated rings. The van der Waals surface area contributed by atoms with Crippen molar-refractivity contribution < 1.29 is 9.90 Å². The Hall–Kier alpha value is -1.92. The van der Waals surface area contributed by atoms with E-state index in [9.17, 15) is 4.79 Å². The number of carboxylic acids is 1. The van der Waals surface area contributed by atoms with Gasteiger partial charge in [0.25, 0.3) is 0 Å². The molecular weight excluding hydrogens is 418 g/mol. The minimum absolute atomic E-state index is 0.209. The number of aromatic nitrogens is 1. The first-order chi connectivity index (χ1) is 15.2. The summed E-state index contributed by atoms with van der Waals surface area (Å²) in [6.07, 6.45) is 4.46. The van der Waals surface area contributed by atoms with E-state index in [0.29, 0.717) is 0 Å². The summed E-state index contributed by atoms with van der Waals surface area (Å²) in [5.74, 6) is -0.694. The molecule has 0 amide bonds. The molecule has 0 bridgehead atoms. The molecule has 2 heterocycles. The Morgan fingerprint density at radius 2 is 1.72 bits per heavy atom. The number of aliphatic carboxylic acids is 1. The second-order valence-electron chi connectivity index (χ2n) is 10.7. The molecule has 0 unspecified atom stereocenters. The predicted molar refractivity (Wildman–Crippen MR) is 133 cm³/mol. The topological polar surface area (TPSA) is 56.7 Å². The van der Waals surface area contributed by atoms with Gasteiger partial charge in [0, 0.05) is 43.5 Å². The van der Waals surface area contributed by atoms with Gasteiger partial charge < -0.3 is 10.0 Å². The number of carbonyl (C=O) groups is 1. The summed E-state index contributed by atoms with van der Waals surface area (Å²) in [7, 11) is 0. The van der Waals surface area contributed by atoms with Crippen molar-refractivity contribution in [3.05, 3.63) is 34.7 Å². The molecule has 1 aromatic heterocycles. The summed E-state index contributed by atoms with van der Waals surface area (Å²) in [5.41, 5.74) is 5.74. The summed E-state index contributed by atoms with van der Waals surface area (Å²) >= 11 is 1.74. The number of thiazole rings is 1. The van der Waals surface area contributed by atoms with E-state index in [1.807, 2.05) is 0 Å². The van der Waals surface area contributed by atoms with Crippen molar-refractivity contribution in [2.75, 3.05) is 37.6 Å². The van der Waals surface area contributed by atoms with Crippen LogP contribution in [0.15, 0.2) is 23.6 Å². The number of hydrogen-bond donors (Lipinski definition) is 1. The maximum atomic E-state index is 10.7. The van der Waals surface area contributed by atoms with E-state index >= 15 is 0 Å². The van der Waals surface area contributed by atoms with E-state index in [0.717, 1.165) is 56.4 Å². The first-order valence-corrected chi connectivity index (χ1v) is 12.8. The van der Waals surface area contributed by atoms with Crippen LogP contribution in [-0.2, 0) is 15.6 Å².